The fourth-order valence-electron chi connectivity index (χ4n) is 2.22. The topological polar surface area (TPSA) is 23.5 Å². The number of aromatic hydroxyl groups is 1. The molecule has 0 amide bonds. The van der Waals surface area contributed by atoms with Crippen LogP contribution in [0.25, 0.3) is 0 Å². The highest BCUT2D eigenvalue weighted by Gasteiger charge is 2.18. The second kappa shape index (κ2) is 5.52. The lowest BCUT2D eigenvalue weighted by molar-refractivity contribution is 0.250. The minimum Gasteiger partial charge on any atom is -0.508 e. The predicted octanol–water partition coefficient (Wildman–Crippen LogP) is 2.78. The van der Waals surface area contributed by atoms with Crippen LogP contribution < -0.4 is 0 Å². The molecule has 0 spiro atoms. The van der Waals surface area contributed by atoms with Crippen LogP contribution in [0.2, 0.25) is 0 Å². The Bertz CT molecular complexity index is 316. The third kappa shape index (κ3) is 3.21. The number of halogens is 1. The van der Waals surface area contributed by atoms with Crippen LogP contribution in [0, 0.1) is 0 Å². The third-order valence-corrected chi connectivity index (χ3v) is 2.97. The van der Waals surface area contributed by atoms with Crippen LogP contribution in [-0.2, 0) is 0 Å². The monoisotopic (exact) mass is 271 g/mol. The van der Waals surface area contributed by atoms with Crippen molar-refractivity contribution in [2.45, 2.75) is 18.8 Å². The zero-order valence-corrected chi connectivity index (χ0v) is 10.7. The number of hydrogen-bond acceptors (Lipinski definition) is 2. The Morgan fingerprint density at radius 1 is 1.40 bits per heavy atom. The molecule has 1 unspecified atom stereocenters. The van der Waals surface area contributed by atoms with Crippen molar-refractivity contribution in [1.29, 1.82) is 0 Å². The van der Waals surface area contributed by atoms with Gasteiger partial charge in [-0.2, -0.15) is 0 Å². The van der Waals surface area contributed by atoms with Gasteiger partial charge in [0.05, 0.1) is 0 Å². The number of rotatable bonds is 1. The molecule has 1 aliphatic heterocycles. The number of hydrogen-bond donors (Lipinski definition) is 1. The minimum absolute atomic E-state index is 0. The van der Waals surface area contributed by atoms with E-state index in [1.807, 2.05) is 12.1 Å². The Morgan fingerprint density at radius 2 is 2.20 bits per heavy atom. The van der Waals surface area contributed by atoms with Gasteiger partial charge in [0.15, 0.2) is 0 Å². The number of phenols is 1. The Labute approximate surface area is 102 Å². The van der Waals surface area contributed by atoms with Gasteiger partial charge in [-0.1, -0.05) is 12.1 Å². The van der Waals surface area contributed by atoms with E-state index < -0.39 is 0 Å². The maximum Gasteiger partial charge on any atom is 0.115 e. The van der Waals surface area contributed by atoms with Gasteiger partial charge in [-0.15, -0.1) is 17.0 Å². The highest BCUT2D eigenvalue weighted by atomic mass is 79.9. The summed E-state index contributed by atoms with van der Waals surface area (Å²) in [6.07, 6.45) is 2.50. The molecule has 2 rings (SSSR count). The van der Waals surface area contributed by atoms with Gasteiger partial charge in [0, 0.05) is 6.54 Å². The average Bonchev–Trinajstić information content (AvgIpc) is 2.18. The summed E-state index contributed by atoms with van der Waals surface area (Å²) < 4.78 is 0. The third-order valence-electron chi connectivity index (χ3n) is 2.97. The molecule has 0 aromatic heterocycles. The zero-order chi connectivity index (χ0) is 9.97. The van der Waals surface area contributed by atoms with Crippen molar-refractivity contribution in [1.82, 2.24) is 4.90 Å². The van der Waals surface area contributed by atoms with Crippen molar-refractivity contribution < 1.29 is 5.11 Å². The SMILES string of the molecule is Br.CN1CCCC(c2cccc(O)c2)C1. The van der Waals surface area contributed by atoms with Crippen molar-refractivity contribution >= 4 is 17.0 Å². The molecule has 0 bridgehead atoms. The van der Waals surface area contributed by atoms with E-state index in [0.29, 0.717) is 11.7 Å². The number of nitrogens with zero attached hydrogens (tertiary/aromatic N) is 1. The Balaban J connectivity index is 0.00000112. The first-order valence-corrected chi connectivity index (χ1v) is 5.23. The lowest BCUT2D eigenvalue weighted by Crippen LogP contribution is -2.30. The minimum atomic E-state index is 0. The van der Waals surface area contributed by atoms with Crippen molar-refractivity contribution in [3.63, 3.8) is 0 Å². The molecule has 1 aromatic rings. The summed E-state index contributed by atoms with van der Waals surface area (Å²) >= 11 is 0. The molecule has 1 fully saturated rings. The molecule has 1 aliphatic rings. The van der Waals surface area contributed by atoms with Gasteiger partial charge < -0.3 is 10.0 Å². The number of phenolic OH excluding ortho intramolecular Hbond substituents is 1. The van der Waals surface area contributed by atoms with E-state index in [2.05, 4.69) is 18.0 Å². The standard InChI is InChI=1S/C12H17NO.BrH/c1-13-7-3-5-11(9-13)10-4-2-6-12(14)8-10;/h2,4,6,8,11,14H,3,5,7,9H2,1H3;1H. The van der Waals surface area contributed by atoms with Crippen molar-refractivity contribution in [2.75, 3.05) is 20.1 Å². The maximum absolute atomic E-state index is 9.40. The van der Waals surface area contributed by atoms with Crippen molar-refractivity contribution in [3.05, 3.63) is 29.8 Å². The van der Waals surface area contributed by atoms with Crippen LogP contribution in [0.15, 0.2) is 24.3 Å². The summed E-state index contributed by atoms with van der Waals surface area (Å²) in [4.78, 5) is 2.36. The number of likely N-dealkylation sites (N-methyl/N-ethyl adjacent to an activating group) is 1. The summed E-state index contributed by atoms with van der Waals surface area (Å²) in [5, 5.41) is 9.40. The van der Waals surface area contributed by atoms with Crippen LogP contribution in [0.3, 0.4) is 0 Å². The van der Waals surface area contributed by atoms with Crippen molar-refractivity contribution in [3.8, 4) is 5.75 Å². The van der Waals surface area contributed by atoms with E-state index in [1.165, 1.54) is 24.9 Å². The van der Waals surface area contributed by atoms with E-state index in [-0.39, 0.29) is 17.0 Å². The number of likely N-dealkylation sites (tertiary alicyclic amines) is 1. The van der Waals surface area contributed by atoms with E-state index in [4.69, 9.17) is 0 Å². The second-order valence-electron chi connectivity index (χ2n) is 4.20. The molecule has 0 radical (unpaired) electrons. The smallest absolute Gasteiger partial charge is 0.115 e. The van der Waals surface area contributed by atoms with Gasteiger partial charge in [-0.05, 0) is 50.0 Å². The predicted molar refractivity (Wildman–Crippen MR) is 67.9 cm³/mol. The maximum atomic E-state index is 9.40. The molecule has 0 aliphatic carbocycles. The lowest BCUT2D eigenvalue weighted by Gasteiger charge is -2.29. The first-order chi connectivity index (χ1) is 6.75. The molecule has 0 saturated carbocycles. The number of piperidine rings is 1. The second-order valence-corrected chi connectivity index (χ2v) is 4.20. The van der Waals surface area contributed by atoms with E-state index >= 15 is 0 Å². The molecule has 1 heterocycles. The van der Waals surface area contributed by atoms with E-state index in [0.717, 1.165) is 6.54 Å². The summed E-state index contributed by atoms with van der Waals surface area (Å²) in [7, 11) is 2.16. The molecule has 3 heteroatoms. The fraction of sp³-hybridized carbons (Fsp3) is 0.500. The summed E-state index contributed by atoms with van der Waals surface area (Å²) in [5.74, 6) is 0.983. The van der Waals surface area contributed by atoms with Crippen LogP contribution in [-0.4, -0.2) is 30.1 Å². The number of benzene rings is 1. The zero-order valence-electron chi connectivity index (χ0n) is 9.02. The molecule has 2 nitrogen and oxygen atoms in total. The van der Waals surface area contributed by atoms with Gasteiger partial charge in [0.25, 0.3) is 0 Å². The first-order valence-electron chi connectivity index (χ1n) is 5.23. The summed E-state index contributed by atoms with van der Waals surface area (Å²) in [6, 6.07) is 7.67. The van der Waals surface area contributed by atoms with E-state index in [9.17, 15) is 5.11 Å². The van der Waals surface area contributed by atoms with Crippen LogP contribution in [0.4, 0.5) is 0 Å². The highest BCUT2D eigenvalue weighted by molar-refractivity contribution is 8.93. The van der Waals surface area contributed by atoms with Crippen LogP contribution in [0.1, 0.15) is 24.3 Å². The molecule has 1 N–H and O–H groups in total. The quantitative estimate of drug-likeness (QED) is 0.849. The van der Waals surface area contributed by atoms with Crippen LogP contribution in [0.5, 0.6) is 5.75 Å². The van der Waals surface area contributed by atoms with Gasteiger partial charge in [-0.3, -0.25) is 0 Å². The molecule has 15 heavy (non-hydrogen) atoms. The average molecular weight is 272 g/mol. The summed E-state index contributed by atoms with van der Waals surface area (Å²) in [5.41, 5.74) is 1.27. The fourth-order valence-corrected chi connectivity index (χ4v) is 2.22. The lowest BCUT2D eigenvalue weighted by atomic mass is 9.91. The summed E-state index contributed by atoms with van der Waals surface area (Å²) in [6.45, 7) is 2.32. The molecular formula is C12H18BrNO. The normalized spacial score (nSPS) is 22.1. The van der Waals surface area contributed by atoms with Gasteiger partial charge in [-0.25, -0.2) is 0 Å². The van der Waals surface area contributed by atoms with Crippen LogP contribution >= 0.6 is 17.0 Å². The Kier molecular flexibility index (Phi) is 4.61. The Hall–Kier alpha value is -0.540. The van der Waals surface area contributed by atoms with Gasteiger partial charge in [0.2, 0.25) is 0 Å². The molecule has 1 saturated heterocycles. The molecular weight excluding hydrogens is 254 g/mol. The first kappa shape index (κ1) is 12.5. The Morgan fingerprint density at radius 3 is 2.87 bits per heavy atom. The molecule has 1 aromatic carbocycles. The molecule has 84 valence electrons. The highest BCUT2D eigenvalue weighted by Crippen LogP contribution is 2.27. The van der Waals surface area contributed by atoms with E-state index in [1.54, 1.807) is 6.07 Å². The van der Waals surface area contributed by atoms with Crippen molar-refractivity contribution in [2.24, 2.45) is 0 Å². The van der Waals surface area contributed by atoms with Gasteiger partial charge in [0.1, 0.15) is 5.75 Å². The molecule has 1 atom stereocenters. The van der Waals surface area contributed by atoms with Gasteiger partial charge >= 0.3 is 0 Å². The largest absolute Gasteiger partial charge is 0.508 e.